The van der Waals surface area contributed by atoms with Crippen LogP contribution in [-0.2, 0) is 9.53 Å². The zero-order valence-electron chi connectivity index (χ0n) is 12.2. The number of carbonyl (C=O) groups is 1. The normalized spacial score (nSPS) is 43.8. The molecule has 1 amide bonds. The van der Waals surface area contributed by atoms with Crippen LogP contribution in [0.1, 0.15) is 52.9 Å². The first-order valence-electron chi connectivity index (χ1n) is 7.60. The lowest BCUT2D eigenvalue weighted by molar-refractivity contribution is -0.128. The van der Waals surface area contributed by atoms with Crippen LogP contribution in [0, 0.1) is 11.8 Å². The number of hydrogen-bond donors (Lipinski definition) is 1. The SMILES string of the molecule is CC1OC(C)C(C(=O)NC2CCCCCC2Br)C1C. The molecule has 3 nitrogen and oxygen atoms in total. The van der Waals surface area contributed by atoms with Crippen molar-refractivity contribution in [3.8, 4) is 0 Å². The Bertz CT molecular complexity index is 323. The van der Waals surface area contributed by atoms with Crippen molar-refractivity contribution in [1.29, 1.82) is 0 Å². The molecule has 1 aliphatic heterocycles. The topological polar surface area (TPSA) is 38.3 Å². The highest BCUT2D eigenvalue weighted by Crippen LogP contribution is 2.33. The summed E-state index contributed by atoms with van der Waals surface area (Å²) in [5.74, 6) is 0.480. The summed E-state index contributed by atoms with van der Waals surface area (Å²) in [6.07, 6.45) is 6.23. The van der Waals surface area contributed by atoms with Gasteiger partial charge >= 0.3 is 0 Å². The van der Waals surface area contributed by atoms with E-state index in [1.807, 2.05) is 6.92 Å². The van der Waals surface area contributed by atoms with Crippen molar-refractivity contribution in [2.24, 2.45) is 11.8 Å². The van der Waals surface area contributed by atoms with E-state index < -0.39 is 0 Å². The quantitative estimate of drug-likeness (QED) is 0.623. The Balaban J connectivity index is 1.96. The first-order chi connectivity index (χ1) is 9.00. The Hall–Kier alpha value is -0.0900. The molecule has 0 aromatic rings. The maximum Gasteiger partial charge on any atom is 0.226 e. The maximum atomic E-state index is 12.5. The fourth-order valence-corrected chi connectivity index (χ4v) is 4.14. The summed E-state index contributed by atoms with van der Waals surface area (Å²) in [4.78, 5) is 12.9. The molecule has 0 spiro atoms. The van der Waals surface area contributed by atoms with Gasteiger partial charge in [-0.25, -0.2) is 0 Å². The molecule has 0 aromatic heterocycles. The summed E-state index contributed by atoms with van der Waals surface area (Å²) in [6.45, 7) is 6.20. The minimum Gasteiger partial charge on any atom is -0.374 e. The van der Waals surface area contributed by atoms with Crippen LogP contribution < -0.4 is 5.32 Å². The van der Waals surface area contributed by atoms with Crippen LogP contribution in [0.25, 0.3) is 0 Å². The predicted molar refractivity (Wildman–Crippen MR) is 80.4 cm³/mol. The van der Waals surface area contributed by atoms with E-state index >= 15 is 0 Å². The van der Waals surface area contributed by atoms with Crippen molar-refractivity contribution in [3.05, 3.63) is 0 Å². The van der Waals surface area contributed by atoms with Gasteiger partial charge in [0, 0.05) is 10.9 Å². The summed E-state index contributed by atoms with van der Waals surface area (Å²) in [5.41, 5.74) is 0. The Morgan fingerprint density at radius 3 is 2.42 bits per heavy atom. The van der Waals surface area contributed by atoms with Gasteiger partial charge in [-0.2, -0.15) is 0 Å². The average molecular weight is 332 g/mol. The minimum atomic E-state index is -0.00190. The largest absolute Gasteiger partial charge is 0.374 e. The molecule has 0 radical (unpaired) electrons. The number of ether oxygens (including phenoxy) is 1. The van der Waals surface area contributed by atoms with Crippen molar-refractivity contribution in [2.75, 3.05) is 0 Å². The van der Waals surface area contributed by atoms with Crippen LogP contribution in [-0.4, -0.2) is 29.0 Å². The van der Waals surface area contributed by atoms with E-state index in [0.717, 1.165) is 12.8 Å². The van der Waals surface area contributed by atoms with Gasteiger partial charge in [-0.15, -0.1) is 0 Å². The number of rotatable bonds is 2. The summed E-state index contributed by atoms with van der Waals surface area (Å²) in [5, 5.41) is 3.27. The average Bonchev–Trinajstić information content (AvgIpc) is 2.51. The Kier molecular flexibility index (Phi) is 5.29. The molecule has 2 rings (SSSR count). The van der Waals surface area contributed by atoms with Crippen molar-refractivity contribution < 1.29 is 9.53 Å². The highest BCUT2D eigenvalue weighted by Gasteiger charge is 2.42. The molecule has 4 heteroatoms. The molecule has 2 fully saturated rings. The molecule has 2 aliphatic rings. The van der Waals surface area contributed by atoms with E-state index in [1.54, 1.807) is 0 Å². The fourth-order valence-electron chi connectivity index (χ4n) is 3.42. The highest BCUT2D eigenvalue weighted by molar-refractivity contribution is 9.09. The molecule has 6 unspecified atom stereocenters. The Morgan fingerprint density at radius 1 is 1.11 bits per heavy atom. The van der Waals surface area contributed by atoms with Gasteiger partial charge in [-0.1, -0.05) is 42.1 Å². The van der Waals surface area contributed by atoms with Crippen molar-refractivity contribution in [2.45, 2.75) is 76.0 Å². The molecule has 1 saturated carbocycles. The monoisotopic (exact) mass is 331 g/mol. The number of hydrogen-bond acceptors (Lipinski definition) is 2. The van der Waals surface area contributed by atoms with E-state index in [0.29, 0.717) is 10.7 Å². The van der Waals surface area contributed by atoms with Crippen LogP contribution in [0.2, 0.25) is 0 Å². The van der Waals surface area contributed by atoms with Gasteiger partial charge in [0.25, 0.3) is 0 Å². The minimum absolute atomic E-state index is 0.00190. The summed E-state index contributed by atoms with van der Waals surface area (Å²) in [7, 11) is 0. The van der Waals surface area contributed by atoms with Gasteiger partial charge in [0.05, 0.1) is 18.1 Å². The molecule has 6 atom stereocenters. The lowest BCUT2D eigenvalue weighted by Crippen LogP contribution is -2.46. The molecule has 19 heavy (non-hydrogen) atoms. The van der Waals surface area contributed by atoms with Gasteiger partial charge in [0.15, 0.2) is 0 Å². The molecule has 1 heterocycles. The molecule has 110 valence electrons. The van der Waals surface area contributed by atoms with E-state index in [2.05, 4.69) is 35.1 Å². The highest BCUT2D eigenvalue weighted by atomic mass is 79.9. The van der Waals surface area contributed by atoms with Gasteiger partial charge in [-0.05, 0) is 32.6 Å². The smallest absolute Gasteiger partial charge is 0.226 e. The van der Waals surface area contributed by atoms with Crippen LogP contribution >= 0.6 is 15.9 Å². The van der Waals surface area contributed by atoms with Crippen LogP contribution in [0.4, 0.5) is 0 Å². The van der Waals surface area contributed by atoms with Crippen molar-refractivity contribution in [1.82, 2.24) is 5.32 Å². The molecule has 1 N–H and O–H groups in total. The van der Waals surface area contributed by atoms with Crippen LogP contribution in [0.15, 0.2) is 0 Å². The standard InChI is InChI=1S/C15H26BrNO2/c1-9-10(2)19-11(3)14(9)15(18)17-13-8-6-4-5-7-12(13)16/h9-14H,4-8H2,1-3H3,(H,17,18). The zero-order chi connectivity index (χ0) is 14.0. The second-order valence-corrected chi connectivity index (χ2v) is 7.38. The molecular weight excluding hydrogens is 306 g/mol. The Labute approximate surface area is 125 Å². The predicted octanol–water partition coefficient (Wildman–Crippen LogP) is 3.26. The molecule has 0 bridgehead atoms. The van der Waals surface area contributed by atoms with Gasteiger partial charge in [0.2, 0.25) is 5.91 Å². The Morgan fingerprint density at radius 2 is 1.79 bits per heavy atom. The van der Waals surface area contributed by atoms with E-state index in [1.165, 1.54) is 19.3 Å². The number of amides is 1. The van der Waals surface area contributed by atoms with Gasteiger partial charge in [-0.3, -0.25) is 4.79 Å². The number of nitrogens with one attached hydrogen (secondary N) is 1. The number of carbonyl (C=O) groups excluding carboxylic acids is 1. The van der Waals surface area contributed by atoms with Crippen molar-refractivity contribution >= 4 is 21.8 Å². The third-order valence-corrected chi connectivity index (χ3v) is 5.90. The lowest BCUT2D eigenvalue weighted by atomic mass is 9.88. The van der Waals surface area contributed by atoms with E-state index in [4.69, 9.17) is 4.74 Å². The number of alkyl halides is 1. The van der Waals surface area contributed by atoms with Gasteiger partial charge < -0.3 is 10.1 Å². The van der Waals surface area contributed by atoms with Crippen LogP contribution in [0.3, 0.4) is 0 Å². The maximum absolute atomic E-state index is 12.5. The third-order valence-electron chi connectivity index (χ3n) is 4.80. The second-order valence-electron chi connectivity index (χ2n) is 6.20. The number of halogens is 1. The first-order valence-corrected chi connectivity index (χ1v) is 8.52. The van der Waals surface area contributed by atoms with Crippen LogP contribution in [0.5, 0.6) is 0 Å². The fraction of sp³-hybridized carbons (Fsp3) is 0.933. The molecular formula is C15H26BrNO2. The lowest BCUT2D eigenvalue weighted by Gasteiger charge is -2.25. The summed E-state index contributed by atoms with van der Waals surface area (Å²) < 4.78 is 5.78. The molecule has 1 saturated heterocycles. The zero-order valence-corrected chi connectivity index (χ0v) is 13.8. The molecule has 1 aliphatic carbocycles. The van der Waals surface area contributed by atoms with Crippen molar-refractivity contribution in [3.63, 3.8) is 0 Å². The van der Waals surface area contributed by atoms with E-state index in [-0.39, 0.29) is 30.1 Å². The third kappa shape index (κ3) is 3.52. The van der Waals surface area contributed by atoms with E-state index in [9.17, 15) is 4.79 Å². The summed E-state index contributed by atoms with van der Waals surface area (Å²) >= 11 is 3.74. The first kappa shape index (κ1) is 15.3. The molecule has 0 aromatic carbocycles. The summed E-state index contributed by atoms with van der Waals surface area (Å²) in [6, 6.07) is 0.283. The van der Waals surface area contributed by atoms with Gasteiger partial charge in [0.1, 0.15) is 0 Å². The second kappa shape index (κ2) is 6.57.